The third-order valence-electron chi connectivity index (χ3n) is 3.15. The SMILES string of the molecule is NC(Cc1ccc(Cl)c(F)c1)C1CCCCO1. The second-order valence-corrected chi connectivity index (χ2v) is 4.93. The summed E-state index contributed by atoms with van der Waals surface area (Å²) in [5.41, 5.74) is 6.96. The highest BCUT2D eigenvalue weighted by molar-refractivity contribution is 6.30. The van der Waals surface area contributed by atoms with Crippen LogP contribution in [0.4, 0.5) is 4.39 Å². The van der Waals surface area contributed by atoms with Crippen molar-refractivity contribution in [1.82, 2.24) is 0 Å². The molecular weight excluding hydrogens is 241 g/mol. The monoisotopic (exact) mass is 257 g/mol. The third-order valence-corrected chi connectivity index (χ3v) is 3.45. The molecule has 2 unspecified atom stereocenters. The summed E-state index contributed by atoms with van der Waals surface area (Å²) >= 11 is 5.63. The average Bonchev–Trinajstić information content (AvgIpc) is 2.35. The Morgan fingerprint density at radius 2 is 2.29 bits per heavy atom. The lowest BCUT2D eigenvalue weighted by Gasteiger charge is -2.28. The number of ether oxygens (including phenoxy) is 1. The van der Waals surface area contributed by atoms with E-state index < -0.39 is 0 Å². The molecule has 0 aromatic heterocycles. The molecule has 1 fully saturated rings. The van der Waals surface area contributed by atoms with E-state index in [1.165, 1.54) is 6.07 Å². The van der Waals surface area contributed by atoms with E-state index >= 15 is 0 Å². The highest BCUT2D eigenvalue weighted by atomic mass is 35.5. The normalized spacial score (nSPS) is 22.4. The molecule has 2 N–H and O–H groups in total. The van der Waals surface area contributed by atoms with Crippen molar-refractivity contribution < 1.29 is 9.13 Å². The smallest absolute Gasteiger partial charge is 0.142 e. The molecule has 1 aromatic rings. The summed E-state index contributed by atoms with van der Waals surface area (Å²) in [6.07, 6.45) is 3.99. The molecule has 0 radical (unpaired) electrons. The van der Waals surface area contributed by atoms with Crippen LogP contribution in [0.3, 0.4) is 0 Å². The maximum atomic E-state index is 13.3. The van der Waals surface area contributed by atoms with Gasteiger partial charge in [-0.3, -0.25) is 0 Å². The molecule has 0 saturated carbocycles. The van der Waals surface area contributed by atoms with Crippen LogP contribution in [0, 0.1) is 5.82 Å². The van der Waals surface area contributed by atoms with Crippen LogP contribution in [-0.4, -0.2) is 18.8 Å². The summed E-state index contributed by atoms with van der Waals surface area (Å²) in [4.78, 5) is 0. The molecule has 0 amide bonds. The molecule has 1 aromatic carbocycles. The van der Waals surface area contributed by atoms with Crippen molar-refractivity contribution in [2.75, 3.05) is 6.61 Å². The van der Waals surface area contributed by atoms with E-state index in [0.717, 1.165) is 31.4 Å². The Bertz CT molecular complexity index is 380. The van der Waals surface area contributed by atoms with Crippen LogP contribution in [0.2, 0.25) is 5.02 Å². The van der Waals surface area contributed by atoms with Crippen LogP contribution in [0.15, 0.2) is 18.2 Å². The van der Waals surface area contributed by atoms with Gasteiger partial charge in [-0.1, -0.05) is 17.7 Å². The summed E-state index contributed by atoms with van der Waals surface area (Å²) < 4.78 is 18.9. The fraction of sp³-hybridized carbons (Fsp3) is 0.538. The minimum absolute atomic E-state index is 0.0733. The van der Waals surface area contributed by atoms with E-state index in [4.69, 9.17) is 22.1 Å². The van der Waals surface area contributed by atoms with Crippen LogP contribution in [-0.2, 0) is 11.2 Å². The van der Waals surface area contributed by atoms with E-state index in [9.17, 15) is 4.39 Å². The molecule has 0 bridgehead atoms. The molecule has 1 heterocycles. The van der Waals surface area contributed by atoms with Crippen molar-refractivity contribution in [2.45, 2.75) is 37.8 Å². The van der Waals surface area contributed by atoms with Crippen LogP contribution >= 0.6 is 11.6 Å². The highest BCUT2D eigenvalue weighted by Gasteiger charge is 2.21. The average molecular weight is 258 g/mol. The Hall–Kier alpha value is -0.640. The van der Waals surface area contributed by atoms with Crippen molar-refractivity contribution in [3.05, 3.63) is 34.6 Å². The summed E-state index contributed by atoms with van der Waals surface area (Å²) in [5.74, 6) is -0.388. The minimum atomic E-state index is -0.388. The van der Waals surface area contributed by atoms with Crippen LogP contribution < -0.4 is 5.73 Å². The van der Waals surface area contributed by atoms with Crippen LogP contribution in [0.25, 0.3) is 0 Å². The molecule has 4 heteroatoms. The lowest BCUT2D eigenvalue weighted by molar-refractivity contribution is 0.000624. The molecular formula is C13H17ClFNO. The second-order valence-electron chi connectivity index (χ2n) is 4.52. The van der Waals surface area contributed by atoms with Gasteiger partial charge in [0.1, 0.15) is 5.82 Å². The summed E-state index contributed by atoms with van der Waals surface area (Å²) in [5, 5.41) is 0.149. The lowest BCUT2D eigenvalue weighted by Crippen LogP contribution is -2.40. The van der Waals surface area contributed by atoms with Gasteiger partial charge in [0.05, 0.1) is 11.1 Å². The van der Waals surface area contributed by atoms with E-state index in [1.54, 1.807) is 6.07 Å². The summed E-state index contributed by atoms with van der Waals surface area (Å²) in [6.45, 7) is 0.785. The van der Waals surface area contributed by atoms with Crippen molar-refractivity contribution in [2.24, 2.45) is 5.73 Å². The number of halogens is 2. The summed E-state index contributed by atoms with van der Waals surface area (Å²) in [7, 11) is 0. The van der Waals surface area contributed by atoms with Gasteiger partial charge in [0.2, 0.25) is 0 Å². The predicted octanol–water partition coefficient (Wildman–Crippen LogP) is 2.92. The van der Waals surface area contributed by atoms with Gasteiger partial charge in [0, 0.05) is 12.6 Å². The minimum Gasteiger partial charge on any atom is -0.377 e. The zero-order valence-electron chi connectivity index (χ0n) is 9.66. The Morgan fingerprint density at radius 1 is 1.47 bits per heavy atom. The quantitative estimate of drug-likeness (QED) is 0.904. The first-order valence-electron chi connectivity index (χ1n) is 5.98. The van der Waals surface area contributed by atoms with E-state index in [0.29, 0.717) is 6.42 Å². The van der Waals surface area contributed by atoms with Gasteiger partial charge in [-0.2, -0.15) is 0 Å². The van der Waals surface area contributed by atoms with Gasteiger partial charge in [-0.15, -0.1) is 0 Å². The van der Waals surface area contributed by atoms with E-state index in [2.05, 4.69) is 0 Å². The standard InChI is InChI=1S/C13H17ClFNO/c14-10-5-4-9(7-11(10)15)8-12(16)13-3-1-2-6-17-13/h4-5,7,12-13H,1-3,6,8,16H2. The zero-order chi connectivity index (χ0) is 12.3. The molecule has 17 heavy (non-hydrogen) atoms. The fourth-order valence-corrected chi connectivity index (χ4v) is 2.29. The highest BCUT2D eigenvalue weighted by Crippen LogP contribution is 2.20. The van der Waals surface area contributed by atoms with E-state index in [-0.39, 0.29) is 23.0 Å². The number of nitrogens with two attached hydrogens (primary N) is 1. The van der Waals surface area contributed by atoms with Gasteiger partial charge in [-0.05, 0) is 43.4 Å². The first-order chi connectivity index (χ1) is 8.16. The topological polar surface area (TPSA) is 35.2 Å². The van der Waals surface area contributed by atoms with Gasteiger partial charge in [-0.25, -0.2) is 4.39 Å². The van der Waals surface area contributed by atoms with Crippen molar-refractivity contribution in [3.8, 4) is 0 Å². The number of benzene rings is 1. The van der Waals surface area contributed by atoms with Crippen molar-refractivity contribution in [1.29, 1.82) is 0 Å². The van der Waals surface area contributed by atoms with Crippen LogP contribution in [0.1, 0.15) is 24.8 Å². The van der Waals surface area contributed by atoms with Crippen molar-refractivity contribution >= 4 is 11.6 Å². The maximum absolute atomic E-state index is 13.3. The summed E-state index contributed by atoms with van der Waals surface area (Å²) in [6, 6.07) is 4.76. The van der Waals surface area contributed by atoms with Gasteiger partial charge in [0.25, 0.3) is 0 Å². The maximum Gasteiger partial charge on any atom is 0.142 e. The molecule has 0 spiro atoms. The molecule has 2 atom stereocenters. The first-order valence-corrected chi connectivity index (χ1v) is 6.36. The lowest BCUT2D eigenvalue weighted by atomic mass is 9.97. The number of hydrogen-bond donors (Lipinski definition) is 1. The first kappa shape index (κ1) is 12.8. The number of hydrogen-bond acceptors (Lipinski definition) is 2. The number of rotatable bonds is 3. The molecule has 1 aliphatic heterocycles. The Kier molecular flexibility index (Phi) is 4.37. The predicted molar refractivity (Wildman–Crippen MR) is 66.7 cm³/mol. The molecule has 2 rings (SSSR count). The van der Waals surface area contributed by atoms with Gasteiger partial charge >= 0.3 is 0 Å². The molecule has 94 valence electrons. The Labute approximate surface area is 106 Å². The van der Waals surface area contributed by atoms with E-state index in [1.807, 2.05) is 6.07 Å². The molecule has 1 saturated heterocycles. The third kappa shape index (κ3) is 3.41. The second kappa shape index (κ2) is 5.80. The van der Waals surface area contributed by atoms with Gasteiger partial charge < -0.3 is 10.5 Å². The molecule has 2 nitrogen and oxygen atoms in total. The molecule has 0 aliphatic carbocycles. The van der Waals surface area contributed by atoms with Gasteiger partial charge in [0.15, 0.2) is 0 Å². The largest absolute Gasteiger partial charge is 0.377 e. The van der Waals surface area contributed by atoms with Crippen LogP contribution in [0.5, 0.6) is 0 Å². The Morgan fingerprint density at radius 3 is 2.94 bits per heavy atom. The molecule has 1 aliphatic rings. The fourth-order valence-electron chi connectivity index (χ4n) is 2.17. The zero-order valence-corrected chi connectivity index (χ0v) is 10.4. The van der Waals surface area contributed by atoms with Crippen molar-refractivity contribution in [3.63, 3.8) is 0 Å². The Balaban J connectivity index is 1.96.